The molecule has 1 unspecified atom stereocenters. The van der Waals surface area contributed by atoms with Gasteiger partial charge >= 0.3 is 5.97 Å². The SMILES string of the molecule is COC(=O)[C@]1([C@]2(C)C=CC(C)(O)O2)N[C@@H]1c1c(Cl)cccc1Cl. The average Bonchev–Trinajstić information content (AvgIpc) is 3.14. The molecule has 1 fully saturated rings. The van der Waals surface area contributed by atoms with Crippen LogP contribution in [0.15, 0.2) is 30.4 Å². The van der Waals surface area contributed by atoms with Gasteiger partial charge in [-0.3, -0.25) is 5.32 Å². The summed E-state index contributed by atoms with van der Waals surface area (Å²) in [6.07, 6.45) is 3.16. The molecule has 4 atom stereocenters. The second-order valence-electron chi connectivity index (χ2n) is 6.11. The molecule has 5 nitrogen and oxygen atoms in total. The molecule has 7 heteroatoms. The number of aliphatic hydroxyl groups is 1. The maximum absolute atomic E-state index is 12.5. The zero-order chi connectivity index (χ0) is 17.0. The van der Waals surface area contributed by atoms with Gasteiger partial charge in [-0.15, -0.1) is 0 Å². The predicted octanol–water partition coefficient (Wildman–Crippen LogP) is 2.60. The van der Waals surface area contributed by atoms with Crippen LogP contribution in [0.3, 0.4) is 0 Å². The topological polar surface area (TPSA) is 77.7 Å². The highest BCUT2D eigenvalue weighted by atomic mass is 35.5. The number of nitrogens with one attached hydrogen (secondary N) is 1. The van der Waals surface area contributed by atoms with E-state index < -0.39 is 28.9 Å². The van der Waals surface area contributed by atoms with Crippen LogP contribution in [-0.2, 0) is 14.3 Å². The van der Waals surface area contributed by atoms with Gasteiger partial charge in [0.05, 0.1) is 13.2 Å². The summed E-state index contributed by atoms with van der Waals surface area (Å²) in [7, 11) is 1.30. The largest absolute Gasteiger partial charge is 0.467 e. The van der Waals surface area contributed by atoms with E-state index in [1.54, 1.807) is 31.2 Å². The standard InChI is InChI=1S/C16H17Cl2NO4/c1-14(7-8-15(2,21)23-14)16(13(20)22-3)12(19-16)11-9(17)5-4-6-10(11)18/h4-8,12,19,21H,1-3H3/t12-,14+,15?,16-/m1/s1. The van der Waals surface area contributed by atoms with Crippen molar-refractivity contribution < 1.29 is 19.4 Å². The Hall–Kier alpha value is -1.11. The zero-order valence-corrected chi connectivity index (χ0v) is 14.4. The number of hydrogen-bond donors (Lipinski definition) is 2. The number of rotatable bonds is 3. The maximum atomic E-state index is 12.5. The highest BCUT2D eigenvalue weighted by Crippen LogP contribution is 2.56. The van der Waals surface area contributed by atoms with Gasteiger partial charge in [0.25, 0.3) is 0 Å². The number of methoxy groups -OCH3 is 1. The van der Waals surface area contributed by atoms with E-state index in [0.717, 1.165) is 0 Å². The molecule has 0 bridgehead atoms. The summed E-state index contributed by atoms with van der Waals surface area (Å²) in [6, 6.07) is 4.65. The van der Waals surface area contributed by atoms with Crippen molar-refractivity contribution in [3.8, 4) is 0 Å². The van der Waals surface area contributed by atoms with Gasteiger partial charge in [0.2, 0.25) is 0 Å². The van der Waals surface area contributed by atoms with E-state index in [1.165, 1.54) is 20.1 Å². The third-order valence-electron chi connectivity index (χ3n) is 4.43. The summed E-state index contributed by atoms with van der Waals surface area (Å²) >= 11 is 12.5. The number of hydrogen-bond acceptors (Lipinski definition) is 5. The van der Waals surface area contributed by atoms with E-state index >= 15 is 0 Å². The second-order valence-corrected chi connectivity index (χ2v) is 6.92. The molecule has 1 aromatic rings. The van der Waals surface area contributed by atoms with Gasteiger partial charge in [0.15, 0.2) is 11.3 Å². The molecule has 23 heavy (non-hydrogen) atoms. The Morgan fingerprint density at radius 2 is 1.91 bits per heavy atom. The Balaban J connectivity index is 2.07. The highest BCUT2D eigenvalue weighted by molar-refractivity contribution is 6.36. The van der Waals surface area contributed by atoms with Crippen LogP contribution in [0.2, 0.25) is 10.0 Å². The van der Waals surface area contributed by atoms with Crippen molar-refractivity contribution in [1.29, 1.82) is 0 Å². The van der Waals surface area contributed by atoms with E-state index in [9.17, 15) is 9.90 Å². The van der Waals surface area contributed by atoms with E-state index in [-0.39, 0.29) is 0 Å². The third kappa shape index (κ3) is 2.39. The minimum absolute atomic E-state index is 0.443. The molecule has 0 aliphatic carbocycles. The van der Waals surface area contributed by atoms with Crippen LogP contribution in [0.25, 0.3) is 0 Å². The number of ether oxygens (including phenoxy) is 2. The highest BCUT2D eigenvalue weighted by Gasteiger charge is 2.74. The molecule has 3 rings (SSSR count). The summed E-state index contributed by atoms with van der Waals surface area (Å²) in [6.45, 7) is 3.21. The van der Waals surface area contributed by atoms with Crippen LogP contribution in [0.1, 0.15) is 25.5 Å². The lowest BCUT2D eigenvalue weighted by Crippen LogP contribution is -2.52. The first-order valence-electron chi connectivity index (χ1n) is 7.10. The normalized spacial score (nSPS) is 38.6. The monoisotopic (exact) mass is 357 g/mol. The Kier molecular flexibility index (Phi) is 3.78. The summed E-state index contributed by atoms with van der Waals surface area (Å²) in [4.78, 5) is 12.5. The summed E-state index contributed by atoms with van der Waals surface area (Å²) < 4.78 is 10.7. The van der Waals surface area contributed by atoms with Crippen LogP contribution in [0.5, 0.6) is 0 Å². The molecule has 1 saturated heterocycles. The molecule has 2 aliphatic rings. The van der Waals surface area contributed by atoms with Crippen molar-refractivity contribution in [2.24, 2.45) is 0 Å². The molecular weight excluding hydrogens is 341 g/mol. The van der Waals surface area contributed by atoms with Gasteiger partial charge in [-0.1, -0.05) is 29.3 Å². The lowest BCUT2D eigenvalue weighted by molar-refractivity contribution is -0.205. The fourth-order valence-corrected chi connectivity index (χ4v) is 3.87. The molecule has 0 aromatic heterocycles. The van der Waals surface area contributed by atoms with E-state index in [2.05, 4.69) is 5.32 Å². The second kappa shape index (κ2) is 5.19. The summed E-state index contributed by atoms with van der Waals surface area (Å²) in [5.41, 5.74) is -1.73. The smallest absolute Gasteiger partial charge is 0.331 e. The number of halogens is 2. The summed E-state index contributed by atoms with van der Waals surface area (Å²) in [5.74, 6) is -1.97. The number of carbonyl (C=O) groups is 1. The van der Waals surface area contributed by atoms with Gasteiger partial charge < -0.3 is 14.6 Å². The van der Waals surface area contributed by atoms with Gasteiger partial charge in [-0.2, -0.15) is 0 Å². The van der Waals surface area contributed by atoms with Crippen molar-refractivity contribution in [1.82, 2.24) is 5.32 Å². The molecule has 0 radical (unpaired) electrons. The molecular formula is C16H17Cl2NO4. The summed E-state index contributed by atoms with van der Waals surface area (Å²) in [5, 5.41) is 14.1. The third-order valence-corrected chi connectivity index (χ3v) is 5.09. The van der Waals surface area contributed by atoms with Crippen LogP contribution in [0, 0.1) is 0 Å². The van der Waals surface area contributed by atoms with Crippen molar-refractivity contribution in [2.75, 3.05) is 7.11 Å². The molecule has 2 heterocycles. The van der Waals surface area contributed by atoms with Gasteiger partial charge in [-0.25, -0.2) is 4.79 Å². The fraction of sp³-hybridized carbons (Fsp3) is 0.438. The van der Waals surface area contributed by atoms with Crippen LogP contribution >= 0.6 is 23.2 Å². The van der Waals surface area contributed by atoms with Crippen LogP contribution < -0.4 is 5.32 Å². The van der Waals surface area contributed by atoms with Gasteiger partial charge in [0.1, 0.15) is 5.60 Å². The first-order chi connectivity index (χ1) is 10.7. The van der Waals surface area contributed by atoms with E-state index in [4.69, 9.17) is 32.7 Å². The van der Waals surface area contributed by atoms with Crippen molar-refractivity contribution in [3.05, 3.63) is 46.0 Å². The molecule has 0 saturated carbocycles. The molecule has 2 N–H and O–H groups in total. The molecule has 2 aliphatic heterocycles. The van der Waals surface area contributed by atoms with Crippen molar-refractivity contribution in [2.45, 2.75) is 36.8 Å². The Labute approximate surface area is 144 Å². The molecule has 0 spiro atoms. The Bertz CT molecular complexity index is 685. The van der Waals surface area contributed by atoms with Crippen molar-refractivity contribution >= 4 is 29.2 Å². The van der Waals surface area contributed by atoms with Crippen molar-refractivity contribution in [3.63, 3.8) is 0 Å². The lowest BCUT2D eigenvalue weighted by atomic mass is 9.83. The first kappa shape index (κ1) is 16.7. The minimum Gasteiger partial charge on any atom is -0.467 e. The van der Waals surface area contributed by atoms with E-state index in [1.807, 2.05) is 0 Å². The molecule has 0 amide bonds. The first-order valence-corrected chi connectivity index (χ1v) is 7.85. The zero-order valence-electron chi connectivity index (χ0n) is 12.9. The van der Waals surface area contributed by atoms with Crippen LogP contribution in [-0.4, -0.2) is 35.1 Å². The molecule has 1 aromatic carbocycles. The van der Waals surface area contributed by atoms with Gasteiger partial charge in [-0.05, 0) is 38.1 Å². The van der Waals surface area contributed by atoms with Gasteiger partial charge in [0, 0.05) is 15.6 Å². The minimum atomic E-state index is -1.46. The van der Waals surface area contributed by atoms with Crippen LogP contribution in [0.4, 0.5) is 0 Å². The average molecular weight is 358 g/mol. The Morgan fingerprint density at radius 3 is 2.39 bits per heavy atom. The maximum Gasteiger partial charge on any atom is 0.331 e. The quantitative estimate of drug-likeness (QED) is 0.493. The fourth-order valence-electron chi connectivity index (χ4n) is 3.25. The number of esters is 1. The number of carbonyl (C=O) groups excluding carboxylic acids is 1. The predicted molar refractivity (Wildman–Crippen MR) is 86.3 cm³/mol. The molecule has 124 valence electrons. The van der Waals surface area contributed by atoms with E-state index in [0.29, 0.717) is 15.6 Å². The Morgan fingerprint density at radius 1 is 1.30 bits per heavy atom. The number of benzene rings is 1. The lowest BCUT2D eigenvalue weighted by Gasteiger charge is -2.33.